The van der Waals surface area contributed by atoms with Crippen LogP contribution in [0.15, 0.2) is 47.1 Å². The molecule has 1 aromatic heterocycles. The number of likely N-dealkylation sites (tertiary alicyclic amines) is 1. The monoisotopic (exact) mass is 413 g/mol. The van der Waals surface area contributed by atoms with Crippen LogP contribution in [0, 0.1) is 5.92 Å². The Morgan fingerprint density at radius 2 is 1.90 bits per heavy atom. The number of amides is 2. The lowest BCUT2D eigenvalue weighted by Crippen LogP contribution is -2.44. The number of hydrogen-bond acceptors (Lipinski definition) is 5. The van der Waals surface area contributed by atoms with Crippen molar-refractivity contribution in [1.82, 2.24) is 10.2 Å². The van der Waals surface area contributed by atoms with Crippen LogP contribution in [-0.4, -0.2) is 56.0 Å². The molecule has 0 unspecified atom stereocenters. The first-order valence-electron chi connectivity index (χ1n) is 10.5. The minimum Gasteiger partial charge on any atom is -0.497 e. The Balaban J connectivity index is 1.58. The number of piperidine rings is 1. The summed E-state index contributed by atoms with van der Waals surface area (Å²) in [5.74, 6) is 0.986. The molecule has 0 saturated carbocycles. The molecule has 1 aliphatic rings. The maximum absolute atomic E-state index is 13.0. The lowest BCUT2D eigenvalue weighted by atomic mass is 9.96. The highest BCUT2D eigenvalue weighted by Gasteiger charge is 2.25. The van der Waals surface area contributed by atoms with Crippen molar-refractivity contribution in [3.63, 3.8) is 0 Å². The first-order chi connectivity index (χ1) is 14.5. The Hall–Kier alpha value is -2.80. The second kappa shape index (κ2) is 10.3. The predicted octanol–water partition coefficient (Wildman–Crippen LogP) is 3.17. The zero-order valence-electron chi connectivity index (χ0n) is 18.0. The van der Waals surface area contributed by atoms with Gasteiger partial charge in [-0.25, -0.2) is 0 Å². The molecular weight excluding hydrogens is 382 g/mol. The number of methoxy groups -OCH3 is 1. The summed E-state index contributed by atoms with van der Waals surface area (Å²) >= 11 is 0. The molecule has 0 spiro atoms. The summed E-state index contributed by atoms with van der Waals surface area (Å²) in [4.78, 5) is 29.5. The number of carbonyl (C=O) groups is 2. The first kappa shape index (κ1) is 21.9. The molecule has 1 saturated heterocycles. The standard InChI is InChI=1S/C23H31N3O4/c1-17(2)25-12-10-18(11-13-25)15-24-21(27)16-26(22-5-4-14-30-22)23(28)19-6-8-20(29-3)9-7-19/h4-9,14,17-18H,10-13,15-16H2,1-3H3,(H,24,27). The number of anilines is 1. The lowest BCUT2D eigenvalue weighted by Gasteiger charge is -2.34. The fourth-order valence-electron chi connectivity index (χ4n) is 3.69. The topological polar surface area (TPSA) is 75.0 Å². The highest BCUT2D eigenvalue weighted by Crippen LogP contribution is 2.20. The molecule has 0 radical (unpaired) electrons. The third kappa shape index (κ3) is 5.63. The van der Waals surface area contributed by atoms with Gasteiger partial charge < -0.3 is 19.4 Å². The Bertz CT molecular complexity index is 809. The van der Waals surface area contributed by atoms with E-state index in [0.29, 0.717) is 35.7 Å². The number of carbonyl (C=O) groups excluding carboxylic acids is 2. The molecular formula is C23H31N3O4. The molecule has 2 heterocycles. The van der Waals surface area contributed by atoms with Crippen LogP contribution in [0.2, 0.25) is 0 Å². The van der Waals surface area contributed by atoms with Crippen LogP contribution in [0.4, 0.5) is 5.88 Å². The number of ether oxygens (including phenoxy) is 1. The van der Waals surface area contributed by atoms with Crippen LogP contribution < -0.4 is 15.0 Å². The zero-order chi connectivity index (χ0) is 21.5. The normalized spacial score (nSPS) is 15.2. The number of nitrogens with one attached hydrogen (secondary N) is 1. The number of hydrogen-bond donors (Lipinski definition) is 1. The molecule has 7 nitrogen and oxygen atoms in total. The van der Waals surface area contributed by atoms with Crippen molar-refractivity contribution in [2.75, 3.05) is 38.2 Å². The van der Waals surface area contributed by atoms with Gasteiger partial charge in [0, 0.05) is 24.2 Å². The summed E-state index contributed by atoms with van der Waals surface area (Å²) in [7, 11) is 1.57. The van der Waals surface area contributed by atoms with Gasteiger partial charge in [0.05, 0.1) is 13.4 Å². The van der Waals surface area contributed by atoms with Crippen LogP contribution >= 0.6 is 0 Å². The van der Waals surface area contributed by atoms with E-state index in [1.54, 1.807) is 43.5 Å². The quantitative estimate of drug-likeness (QED) is 0.720. The molecule has 1 aliphatic heterocycles. The minimum absolute atomic E-state index is 0.0940. The number of nitrogens with zero attached hydrogens (tertiary/aromatic N) is 2. The molecule has 1 fully saturated rings. The molecule has 0 aliphatic carbocycles. The maximum atomic E-state index is 13.0. The molecule has 3 rings (SSSR count). The highest BCUT2D eigenvalue weighted by atomic mass is 16.5. The molecule has 0 bridgehead atoms. The summed E-state index contributed by atoms with van der Waals surface area (Å²) in [5.41, 5.74) is 0.459. The van der Waals surface area contributed by atoms with Gasteiger partial charge in [-0.15, -0.1) is 0 Å². The van der Waals surface area contributed by atoms with E-state index in [-0.39, 0.29) is 18.4 Å². The summed E-state index contributed by atoms with van der Waals surface area (Å²) in [6, 6.07) is 10.7. The van der Waals surface area contributed by atoms with Gasteiger partial charge in [-0.3, -0.25) is 14.5 Å². The van der Waals surface area contributed by atoms with Gasteiger partial charge in [0.2, 0.25) is 11.8 Å². The lowest BCUT2D eigenvalue weighted by molar-refractivity contribution is -0.120. The van der Waals surface area contributed by atoms with Crippen molar-refractivity contribution < 1.29 is 18.7 Å². The van der Waals surface area contributed by atoms with Crippen LogP contribution in [0.3, 0.4) is 0 Å². The first-order valence-corrected chi connectivity index (χ1v) is 10.5. The Labute approximate surface area is 178 Å². The largest absolute Gasteiger partial charge is 0.497 e. The average molecular weight is 414 g/mol. The van der Waals surface area contributed by atoms with Gasteiger partial charge in [0.15, 0.2) is 0 Å². The summed E-state index contributed by atoms with van der Waals surface area (Å²) in [6.45, 7) is 7.09. The van der Waals surface area contributed by atoms with E-state index in [2.05, 4.69) is 24.1 Å². The minimum atomic E-state index is -0.298. The van der Waals surface area contributed by atoms with Gasteiger partial charge >= 0.3 is 0 Å². The van der Waals surface area contributed by atoms with Gasteiger partial charge in [0.1, 0.15) is 12.3 Å². The Kier molecular flexibility index (Phi) is 7.52. The summed E-state index contributed by atoms with van der Waals surface area (Å²) in [5, 5.41) is 3.00. The molecule has 30 heavy (non-hydrogen) atoms. The van der Waals surface area contributed by atoms with E-state index in [1.165, 1.54) is 11.2 Å². The SMILES string of the molecule is COc1ccc(C(=O)N(CC(=O)NCC2CCN(C(C)C)CC2)c2ccco2)cc1. The summed E-state index contributed by atoms with van der Waals surface area (Å²) in [6.07, 6.45) is 3.64. The van der Waals surface area contributed by atoms with Gasteiger partial charge in [-0.05, 0) is 76.0 Å². The third-order valence-electron chi connectivity index (χ3n) is 5.62. The molecule has 2 amide bonds. The fourth-order valence-corrected chi connectivity index (χ4v) is 3.69. The fraction of sp³-hybridized carbons (Fsp3) is 0.478. The number of rotatable bonds is 8. The molecule has 162 valence electrons. The van der Waals surface area contributed by atoms with Gasteiger partial charge in [-0.1, -0.05) is 0 Å². The van der Waals surface area contributed by atoms with Crippen molar-refractivity contribution in [3.8, 4) is 5.75 Å². The predicted molar refractivity (Wildman–Crippen MR) is 116 cm³/mol. The van der Waals surface area contributed by atoms with Gasteiger partial charge in [-0.2, -0.15) is 0 Å². The smallest absolute Gasteiger partial charge is 0.261 e. The van der Waals surface area contributed by atoms with Crippen LogP contribution in [-0.2, 0) is 4.79 Å². The van der Waals surface area contributed by atoms with Crippen LogP contribution in [0.25, 0.3) is 0 Å². The number of furan rings is 1. The number of benzene rings is 1. The molecule has 1 aromatic carbocycles. The van der Waals surface area contributed by atoms with Crippen LogP contribution in [0.5, 0.6) is 5.75 Å². The van der Waals surface area contributed by atoms with Crippen molar-refractivity contribution in [3.05, 3.63) is 48.2 Å². The second-order valence-electron chi connectivity index (χ2n) is 7.95. The average Bonchev–Trinajstić information content (AvgIpc) is 3.30. The van der Waals surface area contributed by atoms with Gasteiger partial charge in [0.25, 0.3) is 5.91 Å². The van der Waals surface area contributed by atoms with Crippen molar-refractivity contribution in [2.24, 2.45) is 5.92 Å². The Morgan fingerprint density at radius 3 is 2.47 bits per heavy atom. The molecule has 0 atom stereocenters. The maximum Gasteiger partial charge on any atom is 0.261 e. The van der Waals surface area contributed by atoms with E-state index >= 15 is 0 Å². The molecule has 1 N–H and O–H groups in total. The van der Waals surface area contributed by atoms with Crippen molar-refractivity contribution in [2.45, 2.75) is 32.7 Å². The van der Waals surface area contributed by atoms with E-state index in [0.717, 1.165) is 25.9 Å². The van der Waals surface area contributed by atoms with Crippen LogP contribution in [0.1, 0.15) is 37.0 Å². The van der Waals surface area contributed by atoms with E-state index in [4.69, 9.17) is 9.15 Å². The molecule has 2 aromatic rings. The molecule has 7 heteroatoms. The second-order valence-corrected chi connectivity index (χ2v) is 7.95. The Morgan fingerprint density at radius 1 is 1.20 bits per heavy atom. The van der Waals surface area contributed by atoms with E-state index in [9.17, 15) is 9.59 Å². The van der Waals surface area contributed by atoms with E-state index in [1.807, 2.05) is 0 Å². The zero-order valence-corrected chi connectivity index (χ0v) is 18.0. The highest BCUT2D eigenvalue weighted by molar-refractivity contribution is 6.08. The van der Waals surface area contributed by atoms with Crippen molar-refractivity contribution >= 4 is 17.7 Å². The van der Waals surface area contributed by atoms with Crippen molar-refractivity contribution in [1.29, 1.82) is 0 Å². The summed E-state index contributed by atoms with van der Waals surface area (Å²) < 4.78 is 10.6. The van der Waals surface area contributed by atoms with E-state index < -0.39 is 0 Å². The third-order valence-corrected chi connectivity index (χ3v) is 5.62.